The maximum atomic E-state index is 12.9. The van der Waals surface area contributed by atoms with E-state index in [0.29, 0.717) is 12.2 Å². The molecule has 184 valence electrons. The van der Waals surface area contributed by atoms with Crippen LogP contribution in [0.4, 0.5) is 4.79 Å². The molecule has 1 saturated carbocycles. The molecular weight excluding hydrogens is 440 g/mol. The SMILES string of the molecule is COC(=O)[C@@H](NC(=O)c1ccc(C#CC2CC2CO)cc1)[C@H]1COCCN1C(=O)OC(C)(C)C. The predicted octanol–water partition coefficient (Wildman–Crippen LogP) is 1.57. The van der Waals surface area contributed by atoms with Crippen LogP contribution in [0, 0.1) is 23.7 Å². The van der Waals surface area contributed by atoms with Crippen LogP contribution in [-0.4, -0.2) is 79.1 Å². The molecule has 9 nitrogen and oxygen atoms in total. The Balaban J connectivity index is 1.72. The van der Waals surface area contributed by atoms with Crippen molar-refractivity contribution in [1.82, 2.24) is 10.2 Å². The fourth-order valence-corrected chi connectivity index (χ4v) is 3.62. The number of ether oxygens (including phenoxy) is 3. The molecule has 1 aliphatic carbocycles. The Bertz CT molecular complexity index is 958. The van der Waals surface area contributed by atoms with Crippen LogP contribution < -0.4 is 5.32 Å². The van der Waals surface area contributed by atoms with Gasteiger partial charge in [0.25, 0.3) is 5.91 Å². The molecule has 1 heterocycles. The van der Waals surface area contributed by atoms with Crippen LogP contribution in [0.25, 0.3) is 0 Å². The summed E-state index contributed by atoms with van der Waals surface area (Å²) in [5.74, 6) is 5.47. The van der Waals surface area contributed by atoms with Gasteiger partial charge in [-0.05, 0) is 57.4 Å². The van der Waals surface area contributed by atoms with Crippen molar-refractivity contribution in [2.75, 3.05) is 33.5 Å². The van der Waals surface area contributed by atoms with E-state index in [9.17, 15) is 14.4 Å². The van der Waals surface area contributed by atoms with Crippen molar-refractivity contribution >= 4 is 18.0 Å². The number of benzene rings is 1. The minimum absolute atomic E-state index is 0.0455. The lowest BCUT2D eigenvalue weighted by Crippen LogP contribution is -2.62. The molecule has 9 heteroatoms. The summed E-state index contributed by atoms with van der Waals surface area (Å²) >= 11 is 0. The van der Waals surface area contributed by atoms with Gasteiger partial charge in [0.15, 0.2) is 6.04 Å². The molecule has 4 atom stereocenters. The number of amides is 2. The predicted molar refractivity (Wildman–Crippen MR) is 123 cm³/mol. The Morgan fingerprint density at radius 1 is 1.26 bits per heavy atom. The molecule has 0 aromatic heterocycles. The van der Waals surface area contributed by atoms with Gasteiger partial charge in [-0.2, -0.15) is 0 Å². The van der Waals surface area contributed by atoms with E-state index < -0.39 is 35.7 Å². The lowest BCUT2D eigenvalue weighted by molar-refractivity contribution is -0.146. The van der Waals surface area contributed by atoms with Gasteiger partial charge in [0.2, 0.25) is 0 Å². The fourth-order valence-electron chi connectivity index (χ4n) is 3.62. The first-order valence-electron chi connectivity index (χ1n) is 11.3. The van der Waals surface area contributed by atoms with Crippen LogP contribution in [0.5, 0.6) is 0 Å². The maximum Gasteiger partial charge on any atom is 0.410 e. The Hall–Kier alpha value is -3.09. The number of aliphatic hydroxyl groups is 1. The molecule has 1 aromatic carbocycles. The van der Waals surface area contributed by atoms with Gasteiger partial charge in [-0.25, -0.2) is 9.59 Å². The van der Waals surface area contributed by atoms with Crippen molar-refractivity contribution in [3.8, 4) is 11.8 Å². The molecule has 0 bridgehead atoms. The molecule has 2 amide bonds. The summed E-state index contributed by atoms with van der Waals surface area (Å²) in [6.07, 6.45) is 0.315. The third kappa shape index (κ3) is 6.72. The molecule has 0 radical (unpaired) electrons. The number of hydrogen-bond acceptors (Lipinski definition) is 7. The zero-order valence-electron chi connectivity index (χ0n) is 20.0. The normalized spacial score (nSPS) is 22.6. The van der Waals surface area contributed by atoms with E-state index in [0.717, 1.165) is 12.0 Å². The van der Waals surface area contributed by atoms with E-state index in [-0.39, 0.29) is 31.6 Å². The zero-order valence-corrected chi connectivity index (χ0v) is 20.0. The highest BCUT2D eigenvalue weighted by Gasteiger charge is 2.41. The molecule has 3 rings (SSSR count). The van der Waals surface area contributed by atoms with Gasteiger partial charge in [-0.3, -0.25) is 9.69 Å². The number of carbonyl (C=O) groups excluding carboxylic acids is 3. The van der Waals surface area contributed by atoms with Gasteiger partial charge in [0.05, 0.1) is 26.4 Å². The molecule has 34 heavy (non-hydrogen) atoms. The van der Waals surface area contributed by atoms with Gasteiger partial charge < -0.3 is 24.6 Å². The summed E-state index contributed by atoms with van der Waals surface area (Å²) in [6.45, 7) is 5.96. The van der Waals surface area contributed by atoms with Crippen molar-refractivity contribution in [2.24, 2.45) is 11.8 Å². The number of carbonyl (C=O) groups is 3. The summed E-state index contributed by atoms with van der Waals surface area (Å²) < 4.78 is 15.9. The Kier molecular flexibility index (Phi) is 8.18. The Morgan fingerprint density at radius 2 is 1.97 bits per heavy atom. The van der Waals surface area contributed by atoms with Gasteiger partial charge in [-0.15, -0.1) is 0 Å². The van der Waals surface area contributed by atoms with Crippen LogP contribution >= 0.6 is 0 Å². The number of nitrogens with one attached hydrogen (secondary N) is 1. The highest BCUT2D eigenvalue weighted by molar-refractivity contribution is 5.97. The molecule has 2 unspecified atom stereocenters. The van der Waals surface area contributed by atoms with E-state index in [1.54, 1.807) is 45.0 Å². The molecular formula is C25H32N2O7. The second kappa shape index (κ2) is 10.9. The van der Waals surface area contributed by atoms with Crippen LogP contribution in [0.3, 0.4) is 0 Å². The summed E-state index contributed by atoms with van der Waals surface area (Å²) in [4.78, 5) is 39.7. The molecule has 1 aromatic rings. The topological polar surface area (TPSA) is 114 Å². The van der Waals surface area contributed by atoms with Crippen molar-refractivity contribution < 1.29 is 33.7 Å². The minimum atomic E-state index is -1.14. The fraction of sp³-hybridized carbons (Fsp3) is 0.560. The van der Waals surface area contributed by atoms with Gasteiger partial charge in [-0.1, -0.05) is 11.8 Å². The van der Waals surface area contributed by atoms with Crippen LogP contribution in [0.15, 0.2) is 24.3 Å². The number of nitrogens with zero attached hydrogens (tertiary/aromatic N) is 1. The lowest BCUT2D eigenvalue weighted by Gasteiger charge is -2.39. The smallest absolute Gasteiger partial charge is 0.410 e. The largest absolute Gasteiger partial charge is 0.467 e. The second-order valence-electron chi connectivity index (χ2n) is 9.42. The van der Waals surface area contributed by atoms with E-state index >= 15 is 0 Å². The molecule has 2 fully saturated rings. The zero-order chi connectivity index (χ0) is 24.9. The number of rotatable bonds is 5. The van der Waals surface area contributed by atoms with Crippen molar-refractivity contribution in [3.63, 3.8) is 0 Å². The van der Waals surface area contributed by atoms with E-state index in [1.165, 1.54) is 12.0 Å². The monoisotopic (exact) mass is 472 g/mol. The standard InChI is InChI=1S/C25H32N2O7/c1-25(2,3)34-24(31)27-11-12-33-15-20(27)21(23(30)32-4)26-22(29)17-8-5-16(6-9-17)7-10-18-13-19(18)14-28/h5-6,8-9,18-21,28H,11-15H2,1-4H3,(H,26,29)/t18?,19?,20-,21+/m1/s1. The quantitative estimate of drug-likeness (QED) is 0.494. The van der Waals surface area contributed by atoms with Crippen LogP contribution in [-0.2, 0) is 19.0 Å². The van der Waals surface area contributed by atoms with Gasteiger partial charge >= 0.3 is 12.1 Å². The highest BCUT2D eigenvalue weighted by Crippen LogP contribution is 2.37. The van der Waals surface area contributed by atoms with E-state index in [2.05, 4.69) is 17.2 Å². The number of methoxy groups -OCH3 is 1. The first-order chi connectivity index (χ1) is 16.1. The average molecular weight is 473 g/mol. The van der Waals surface area contributed by atoms with E-state index in [1.807, 2.05) is 0 Å². The van der Waals surface area contributed by atoms with Crippen LogP contribution in [0.2, 0.25) is 0 Å². The number of hydrogen-bond donors (Lipinski definition) is 2. The maximum absolute atomic E-state index is 12.9. The summed E-state index contributed by atoms with van der Waals surface area (Å²) in [5.41, 5.74) is 0.369. The molecule has 1 aliphatic heterocycles. The minimum Gasteiger partial charge on any atom is -0.467 e. The molecule has 2 aliphatic rings. The van der Waals surface area contributed by atoms with Crippen molar-refractivity contribution in [1.29, 1.82) is 0 Å². The van der Waals surface area contributed by atoms with Crippen molar-refractivity contribution in [3.05, 3.63) is 35.4 Å². The summed E-state index contributed by atoms with van der Waals surface area (Å²) in [5, 5.41) is 11.8. The number of aliphatic hydroxyl groups excluding tert-OH is 1. The van der Waals surface area contributed by atoms with Gasteiger partial charge in [0, 0.05) is 30.2 Å². The lowest BCUT2D eigenvalue weighted by atomic mass is 10.0. The average Bonchev–Trinajstić information content (AvgIpc) is 3.58. The molecule has 2 N–H and O–H groups in total. The third-order valence-corrected chi connectivity index (χ3v) is 5.63. The van der Waals surface area contributed by atoms with E-state index in [4.69, 9.17) is 19.3 Å². The second-order valence-corrected chi connectivity index (χ2v) is 9.42. The highest BCUT2D eigenvalue weighted by atomic mass is 16.6. The summed E-state index contributed by atoms with van der Waals surface area (Å²) in [6, 6.07) is 4.75. The van der Waals surface area contributed by atoms with Crippen LogP contribution in [0.1, 0.15) is 43.1 Å². The van der Waals surface area contributed by atoms with Gasteiger partial charge in [0.1, 0.15) is 5.60 Å². The Labute approximate surface area is 199 Å². The van der Waals surface area contributed by atoms with Crippen molar-refractivity contribution in [2.45, 2.75) is 44.9 Å². The molecule has 1 saturated heterocycles. The number of esters is 1. The summed E-state index contributed by atoms with van der Waals surface area (Å²) in [7, 11) is 1.22. The molecule has 0 spiro atoms. The Morgan fingerprint density at radius 3 is 2.56 bits per heavy atom. The number of morpholine rings is 1. The third-order valence-electron chi connectivity index (χ3n) is 5.63. The first-order valence-corrected chi connectivity index (χ1v) is 11.3. The first kappa shape index (κ1) is 25.5.